The minimum atomic E-state index is -9.76. The maximum atomic E-state index is 14.2. The molecule has 1 aromatic rings. The highest BCUT2D eigenvalue weighted by Gasteiger charge is 2.99. The molecule has 306 valence electrons. The Hall–Kier alpha value is -3.05. The summed E-state index contributed by atoms with van der Waals surface area (Å²) in [7, 11) is 0. The Morgan fingerprint density at radius 2 is 0.596 bits per heavy atom. The number of phenolic OH excluding ortho intramolecular Hbond substituents is 1. The van der Waals surface area contributed by atoms with Crippen molar-refractivity contribution in [3.8, 4) is 5.75 Å². The number of benzene rings is 1. The second-order valence-electron chi connectivity index (χ2n) is 9.88. The molecule has 0 unspecified atom stereocenters. The van der Waals surface area contributed by atoms with Crippen molar-refractivity contribution in [2.24, 2.45) is 0 Å². The van der Waals surface area contributed by atoms with Crippen molar-refractivity contribution in [3.63, 3.8) is 0 Å². The summed E-state index contributed by atoms with van der Waals surface area (Å²) in [5.74, 6) is -93.9. The van der Waals surface area contributed by atoms with Crippen molar-refractivity contribution in [1.82, 2.24) is 0 Å². The van der Waals surface area contributed by atoms with Crippen LogP contribution in [-0.4, -0.2) is 89.5 Å². The SMILES string of the molecule is Oc1ccc(C(OCC(F)(F)C(F)(F)C(F)(F)C(F)(F)C(F)(F)C(F)(F)C(F)(F)C(F)(F)C(F)(F)C(F)(F)C(F)(F)F)(C(F)(F)F)C(F)(F)F)cc1. The molecule has 0 aliphatic carbocycles. The van der Waals surface area contributed by atoms with Gasteiger partial charge < -0.3 is 9.84 Å². The Balaban J connectivity index is 3.91. The highest BCUT2D eigenvalue weighted by Crippen LogP contribution is 2.67. The number of aromatic hydroxyl groups is 1. The molecule has 2 nitrogen and oxygen atoms in total. The second-order valence-corrected chi connectivity index (χ2v) is 9.88. The largest absolute Gasteiger partial charge is 0.508 e. The van der Waals surface area contributed by atoms with E-state index in [0.29, 0.717) is 0 Å². The summed E-state index contributed by atoms with van der Waals surface area (Å²) in [6.07, 6.45) is -22.9. The van der Waals surface area contributed by atoms with Crippen LogP contribution >= 0.6 is 0 Å². The Kier molecular flexibility index (Phi) is 11.1. The predicted octanol–water partition coefficient (Wildman–Crippen LogP) is 10.6. The zero-order valence-corrected chi connectivity index (χ0v) is 22.8. The van der Waals surface area contributed by atoms with Crippen LogP contribution in [0.3, 0.4) is 0 Å². The van der Waals surface area contributed by atoms with Gasteiger partial charge in [0.15, 0.2) is 0 Å². The van der Waals surface area contributed by atoms with E-state index in [4.69, 9.17) is 5.11 Å². The molecule has 0 spiro atoms. The molecule has 0 bridgehead atoms. The molecule has 52 heavy (non-hydrogen) atoms. The summed E-state index contributed by atoms with van der Waals surface area (Å²) in [6.45, 7) is -4.72. The number of ether oxygens (including phenoxy) is 1. The van der Waals surface area contributed by atoms with Crippen LogP contribution in [0.2, 0.25) is 0 Å². The molecular formula is C21H7F29O2. The molecule has 0 saturated heterocycles. The zero-order valence-electron chi connectivity index (χ0n) is 22.8. The average Bonchev–Trinajstić information content (AvgIpc) is 2.91. The highest BCUT2D eigenvalue weighted by atomic mass is 19.4. The smallest absolute Gasteiger partial charge is 0.460 e. The molecule has 1 N–H and O–H groups in total. The highest BCUT2D eigenvalue weighted by molar-refractivity contribution is 5.33. The van der Waals surface area contributed by atoms with Gasteiger partial charge in [0.25, 0.3) is 5.60 Å². The number of rotatable bonds is 13. The lowest BCUT2D eigenvalue weighted by Gasteiger charge is -2.45. The van der Waals surface area contributed by atoms with Crippen LogP contribution in [0.4, 0.5) is 127 Å². The number of phenols is 1. The third-order valence-electron chi connectivity index (χ3n) is 6.51. The van der Waals surface area contributed by atoms with Crippen molar-refractivity contribution >= 4 is 0 Å². The van der Waals surface area contributed by atoms with Crippen molar-refractivity contribution in [2.75, 3.05) is 6.61 Å². The molecular weight excluding hydrogens is 835 g/mol. The quantitative estimate of drug-likeness (QED) is 0.201. The monoisotopic (exact) mass is 842 g/mol. The first-order valence-electron chi connectivity index (χ1n) is 11.6. The lowest BCUT2D eigenvalue weighted by atomic mass is 9.85. The summed E-state index contributed by atoms with van der Waals surface area (Å²) in [5.41, 5.74) is -9.11. The normalized spacial score (nSPS) is 16.4. The molecule has 0 aromatic heterocycles. The lowest BCUT2D eigenvalue weighted by molar-refractivity contribution is -0.480. The summed E-state index contributed by atoms with van der Waals surface area (Å²) in [6, 6.07) is -1.42. The van der Waals surface area contributed by atoms with E-state index in [2.05, 4.69) is 4.74 Å². The molecule has 0 atom stereocenters. The summed E-state index contributed by atoms with van der Waals surface area (Å²) >= 11 is 0. The third kappa shape index (κ3) is 6.06. The van der Waals surface area contributed by atoms with E-state index in [-0.39, 0.29) is 12.1 Å². The molecule has 0 aliphatic rings. The fourth-order valence-electron chi connectivity index (χ4n) is 3.51. The molecule has 0 fully saturated rings. The van der Waals surface area contributed by atoms with E-state index >= 15 is 0 Å². The van der Waals surface area contributed by atoms with Crippen LogP contribution in [0.1, 0.15) is 5.56 Å². The van der Waals surface area contributed by atoms with Gasteiger partial charge in [-0.2, -0.15) is 127 Å². The first-order valence-corrected chi connectivity index (χ1v) is 11.6. The zero-order chi connectivity index (χ0) is 42.4. The minimum absolute atomic E-state index is 0.159. The molecule has 0 saturated carbocycles. The molecule has 0 radical (unpaired) electrons. The first kappa shape index (κ1) is 47.0. The van der Waals surface area contributed by atoms with Crippen LogP contribution in [0.5, 0.6) is 5.75 Å². The standard InChI is InChI=1S/C21H7F29O2/c22-8(23,5-52-9(19(42,43)44,20(45,46)47)6-1-3-7(51)4-2-6)10(24,25)11(26,27)12(28,29)13(30,31)14(32,33)15(34,35)16(36,37)17(38,39)18(40,41)21(48,49)50/h1-4,51H,5H2. The van der Waals surface area contributed by atoms with Gasteiger partial charge >= 0.3 is 77.8 Å². The lowest BCUT2D eigenvalue weighted by Crippen LogP contribution is -2.77. The van der Waals surface area contributed by atoms with E-state index in [1.54, 1.807) is 0 Å². The Morgan fingerprint density at radius 1 is 0.346 bits per heavy atom. The minimum Gasteiger partial charge on any atom is -0.508 e. The van der Waals surface area contributed by atoms with Gasteiger partial charge in [-0.05, 0) is 12.1 Å². The van der Waals surface area contributed by atoms with Crippen LogP contribution in [0, 0.1) is 0 Å². The first-order chi connectivity index (χ1) is 22.2. The van der Waals surface area contributed by atoms with Crippen LogP contribution in [0.15, 0.2) is 24.3 Å². The summed E-state index contributed by atoms with van der Waals surface area (Å²) < 4.78 is 395. The van der Waals surface area contributed by atoms with Gasteiger partial charge in [-0.1, -0.05) is 12.1 Å². The third-order valence-corrected chi connectivity index (χ3v) is 6.51. The number of hydrogen-bond donors (Lipinski definition) is 1. The van der Waals surface area contributed by atoms with Gasteiger partial charge in [0, 0.05) is 5.56 Å². The van der Waals surface area contributed by atoms with Gasteiger partial charge in [0.05, 0.1) is 0 Å². The molecule has 0 heterocycles. The van der Waals surface area contributed by atoms with Gasteiger partial charge in [-0.3, -0.25) is 0 Å². The van der Waals surface area contributed by atoms with Crippen molar-refractivity contribution in [2.45, 2.75) is 83.4 Å². The van der Waals surface area contributed by atoms with Gasteiger partial charge in [-0.25, -0.2) is 0 Å². The Bertz CT molecular complexity index is 1400. The van der Waals surface area contributed by atoms with Crippen molar-refractivity contribution in [3.05, 3.63) is 29.8 Å². The van der Waals surface area contributed by atoms with Crippen LogP contribution in [0.25, 0.3) is 0 Å². The van der Waals surface area contributed by atoms with Crippen molar-refractivity contribution < 1.29 is 137 Å². The van der Waals surface area contributed by atoms with Gasteiger partial charge in [0.2, 0.25) is 0 Å². The predicted molar refractivity (Wildman–Crippen MR) is 103 cm³/mol. The van der Waals surface area contributed by atoms with Gasteiger partial charge in [0.1, 0.15) is 12.4 Å². The number of alkyl halides is 29. The summed E-state index contributed by atoms with van der Waals surface area (Å²) in [5, 5.41) is 8.99. The van der Waals surface area contributed by atoms with Crippen LogP contribution < -0.4 is 0 Å². The van der Waals surface area contributed by atoms with Crippen molar-refractivity contribution in [1.29, 1.82) is 0 Å². The van der Waals surface area contributed by atoms with E-state index in [1.165, 1.54) is 0 Å². The fraction of sp³-hybridized carbons (Fsp3) is 0.714. The van der Waals surface area contributed by atoms with E-state index in [9.17, 15) is 127 Å². The topological polar surface area (TPSA) is 29.5 Å². The number of halogens is 29. The number of hydrogen-bond acceptors (Lipinski definition) is 2. The molecule has 1 aromatic carbocycles. The summed E-state index contributed by atoms with van der Waals surface area (Å²) in [4.78, 5) is 0. The molecule has 31 heteroatoms. The van der Waals surface area contributed by atoms with E-state index in [1.807, 2.05) is 0 Å². The van der Waals surface area contributed by atoms with Crippen LogP contribution in [-0.2, 0) is 10.3 Å². The molecule has 0 amide bonds. The Morgan fingerprint density at radius 3 is 0.846 bits per heavy atom. The maximum absolute atomic E-state index is 14.2. The van der Waals surface area contributed by atoms with E-state index in [0.717, 1.165) is 0 Å². The molecule has 1 rings (SSSR count). The fourth-order valence-corrected chi connectivity index (χ4v) is 3.51. The van der Waals surface area contributed by atoms with E-state index < -0.39 is 113 Å². The average molecular weight is 842 g/mol. The Labute approximate surface area is 264 Å². The maximum Gasteiger partial charge on any atom is 0.460 e. The second kappa shape index (κ2) is 12.2. The molecule has 0 aliphatic heterocycles. The van der Waals surface area contributed by atoms with Gasteiger partial charge in [-0.15, -0.1) is 0 Å².